The number of aromatic nitrogens is 2. The topological polar surface area (TPSA) is 43.8 Å². The summed E-state index contributed by atoms with van der Waals surface area (Å²) in [7, 11) is 0. The van der Waals surface area contributed by atoms with Crippen molar-refractivity contribution >= 4 is 0 Å². The quantitative estimate of drug-likeness (QED) is 0.693. The molecule has 1 aromatic rings. The van der Waals surface area contributed by atoms with Crippen LogP contribution in [-0.4, -0.2) is 15.6 Å². The van der Waals surface area contributed by atoms with Gasteiger partial charge in [0, 0.05) is 31.4 Å². The Bertz CT molecular complexity index is 265. The van der Waals surface area contributed by atoms with Crippen LogP contribution in [0.3, 0.4) is 0 Å². The van der Waals surface area contributed by atoms with E-state index >= 15 is 0 Å². The molecular weight excluding hydrogens is 162 g/mol. The maximum atomic E-state index is 5.87. The average Bonchev–Trinajstić information content (AvgIpc) is 2.52. The zero-order valence-electron chi connectivity index (χ0n) is 8.11. The highest BCUT2D eigenvalue weighted by molar-refractivity contribution is 4.96. The maximum Gasteiger partial charge on any atom is 0.110 e. The molecule has 0 aliphatic heterocycles. The summed E-state index contributed by atoms with van der Waals surface area (Å²) in [5, 5.41) is 0. The molecule has 1 atom stereocenters. The second kappa shape index (κ2) is 4.82. The Morgan fingerprint density at radius 2 is 2.54 bits per heavy atom. The summed E-state index contributed by atoms with van der Waals surface area (Å²) in [5.74, 6) is 1.07. The maximum absolute atomic E-state index is 5.87. The summed E-state index contributed by atoms with van der Waals surface area (Å²) in [6.07, 6.45) is 7.32. The van der Waals surface area contributed by atoms with Crippen molar-refractivity contribution in [3.63, 3.8) is 0 Å². The first kappa shape index (κ1) is 9.99. The van der Waals surface area contributed by atoms with Crippen molar-refractivity contribution in [2.24, 2.45) is 5.73 Å². The number of hydrogen-bond donors (Lipinski definition) is 1. The molecule has 0 fully saturated rings. The first-order chi connectivity index (χ1) is 6.27. The molecule has 72 valence electrons. The molecule has 1 aromatic heterocycles. The molecule has 0 aromatic carbocycles. The standard InChI is InChI=1S/C10H17N3/c1-3-5-9(11)8-10-12-6-7-13(10)4-2/h3,6-7,9H,1,4-5,8,11H2,2H3. The van der Waals surface area contributed by atoms with Crippen molar-refractivity contribution in [2.45, 2.75) is 32.4 Å². The van der Waals surface area contributed by atoms with E-state index in [1.165, 1.54) is 0 Å². The van der Waals surface area contributed by atoms with Gasteiger partial charge in [-0.2, -0.15) is 0 Å². The lowest BCUT2D eigenvalue weighted by atomic mass is 10.1. The summed E-state index contributed by atoms with van der Waals surface area (Å²) in [5.41, 5.74) is 5.87. The Hall–Kier alpha value is -1.09. The zero-order chi connectivity index (χ0) is 9.68. The third kappa shape index (κ3) is 2.70. The van der Waals surface area contributed by atoms with E-state index in [-0.39, 0.29) is 6.04 Å². The summed E-state index contributed by atoms with van der Waals surface area (Å²) in [6.45, 7) is 6.72. The molecular formula is C10H17N3. The lowest BCUT2D eigenvalue weighted by Crippen LogP contribution is -2.23. The van der Waals surface area contributed by atoms with Gasteiger partial charge in [0.25, 0.3) is 0 Å². The Morgan fingerprint density at radius 1 is 1.77 bits per heavy atom. The van der Waals surface area contributed by atoms with Crippen LogP contribution in [0.5, 0.6) is 0 Å². The van der Waals surface area contributed by atoms with E-state index < -0.39 is 0 Å². The van der Waals surface area contributed by atoms with Crippen LogP contribution in [0.2, 0.25) is 0 Å². The van der Waals surface area contributed by atoms with E-state index in [1.807, 2.05) is 18.5 Å². The Balaban J connectivity index is 2.57. The SMILES string of the molecule is C=CCC(N)Cc1nccn1CC. The number of imidazole rings is 1. The predicted octanol–water partition coefficient (Wildman–Crippen LogP) is 1.35. The van der Waals surface area contributed by atoms with Crippen LogP contribution in [-0.2, 0) is 13.0 Å². The molecule has 1 heterocycles. The Morgan fingerprint density at radius 3 is 3.15 bits per heavy atom. The molecule has 0 spiro atoms. The highest BCUT2D eigenvalue weighted by atomic mass is 15.1. The summed E-state index contributed by atoms with van der Waals surface area (Å²) < 4.78 is 2.11. The number of aryl methyl sites for hydroxylation is 1. The fourth-order valence-corrected chi connectivity index (χ4v) is 1.35. The molecule has 2 N–H and O–H groups in total. The van der Waals surface area contributed by atoms with Crippen molar-refractivity contribution in [3.8, 4) is 0 Å². The van der Waals surface area contributed by atoms with Crippen LogP contribution in [0.15, 0.2) is 25.0 Å². The largest absolute Gasteiger partial charge is 0.335 e. The van der Waals surface area contributed by atoms with Gasteiger partial charge >= 0.3 is 0 Å². The molecule has 0 bridgehead atoms. The van der Waals surface area contributed by atoms with Gasteiger partial charge in [-0.3, -0.25) is 0 Å². The van der Waals surface area contributed by atoms with Gasteiger partial charge in [0.2, 0.25) is 0 Å². The molecule has 0 saturated carbocycles. The monoisotopic (exact) mass is 179 g/mol. The van der Waals surface area contributed by atoms with Gasteiger partial charge in [-0.25, -0.2) is 4.98 Å². The van der Waals surface area contributed by atoms with Crippen LogP contribution in [0.4, 0.5) is 0 Å². The minimum atomic E-state index is 0.144. The first-order valence-corrected chi connectivity index (χ1v) is 4.64. The second-order valence-corrected chi connectivity index (χ2v) is 3.12. The molecule has 3 heteroatoms. The van der Waals surface area contributed by atoms with Crippen LogP contribution in [0.1, 0.15) is 19.2 Å². The van der Waals surface area contributed by atoms with E-state index in [1.54, 1.807) is 0 Å². The Kier molecular flexibility index (Phi) is 3.71. The van der Waals surface area contributed by atoms with Gasteiger partial charge in [-0.15, -0.1) is 6.58 Å². The van der Waals surface area contributed by atoms with Crippen molar-refractivity contribution in [3.05, 3.63) is 30.9 Å². The van der Waals surface area contributed by atoms with Crippen molar-refractivity contribution < 1.29 is 0 Å². The second-order valence-electron chi connectivity index (χ2n) is 3.12. The predicted molar refractivity (Wildman–Crippen MR) is 54.4 cm³/mol. The fourth-order valence-electron chi connectivity index (χ4n) is 1.35. The van der Waals surface area contributed by atoms with Crippen molar-refractivity contribution in [1.29, 1.82) is 0 Å². The van der Waals surface area contributed by atoms with E-state index in [0.29, 0.717) is 0 Å². The van der Waals surface area contributed by atoms with Gasteiger partial charge < -0.3 is 10.3 Å². The molecule has 0 aliphatic carbocycles. The lowest BCUT2D eigenvalue weighted by molar-refractivity contribution is 0.610. The molecule has 0 saturated heterocycles. The highest BCUT2D eigenvalue weighted by Gasteiger charge is 2.06. The van der Waals surface area contributed by atoms with E-state index in [0.717, 1.165) is 25.2 Å². The van der Waals surface area contributed by atoms with Gasteiger partial charge in [-0.05, 0) is 13.3 Å². The third-order valence-corrected chi connectivity index (χ3v) is 2.06. The van der Waals surface area contributed by atoms with E-state index in [9.17, 15) is 0 Å². The Labute approximate surface area is 79.3 Å². The molecule has 3 nitrogen and oxygen atoms in total. The minimum absolute atomic E-state index is 0.144. The minimum Gasteiger partial charge on any atom is -0.335 e. The smallest absolute Gasteiger partial charge is 0.110 e. The number of nitrogens with two attached hydrogens (primary N) is 1. The van der Waals surface area contributed by atoms with Gasteiger partial charge in [0.1, 0.15) is 5.82 Å². The van der Waals surface area contributed by atoms with E-state index in [4.69, 9.17) is 5.73 Å². The lowest BCUT2D eigenvalue weighted by Gasteiger charge is -2.09. The molecule has 0 aliphatic rings. The van der Waals surface area contributed by atoms with Crippen LogP contribution < -0.4 is 5.73 Å². The van der Waals surface area contributed by atoms with E-state index in [2.05, 4.69) is 23.1 Å². The average molecular weight is 179 g/mol. The van der Waals surface area contributed by atoms with Crippen molar-refractivity contribution in [1.82, 2.24) is 9.55 Å². The molecule has 0 radical (unpaired) electrons. The molecule has 1 unspecified atom stereocenters. The molecule has 0 amide bonds. The van der Waals surface area contributed by atoms with Gasteiger partial charge in [0.05, 0.1) is 0 Å². The van der Waals surface area contributed by atoms with Crippen molar-refractivity contribution in [2.75, 3.05) is 0 Å². The van der Waals surface area contributed by atoms with Crippen LogP contribution >= 0.6 is 0 Å². The molecule has 1 rings (SSSR count). The summed E-state index contributed by atoms with van der Waals surface area (Å²) in [6, 6.07) is 0.144. The molecule has 13 heavy (non-hydrogen) atoms. The summed E-state index contributed by atoms with van der Waals surface area (Å²) >= 11 is 0. The van der Waals surface area contributed by atoms with Gasteiger partial charge in [-0.1, -0.05) is 6.08 Å². The normalized spacial score (nSPS) is 12.8. The van der Waals surface area contributed by atoms with Crippen LogP contribution in [0, 0.1) is 0 Å². The van der Waals surface area contributed by atoms with Crippen LogP contribution in [0.25, 0.3) is 0 Å². The summed E-state index contributed by atoms with van der Waals surface area (Å²) in [4.78, 5) is 4.26. The number of hydrogen-bond acceptors (Lipinski definition) is 2. The highest BCUT2D eigenvalue weighted by Crippen LogP contribution is 2.02. The fraction of sp³-hybridized carbons (Fsp3) is 0.500. The first-order valence-electron chi connectivity index (χ1n) is 4.64. The zero-order valence-corrected chi connectivity index (χ0v) is 8.11. The number of nitrogens with zero attached hydrogens (tertiary/aromatic N) is 2. The number of rotatable bonds is 5. The van der Waals surface area contributed by atoms with Gasteiger partial charge in [0.15, 0.2) is 0 Å². The third-order valence-electron chi connectivity index (χ3n) is 2.06.